The van der Waals surface area contributed by atoms with Crippen molar-refractivity contribution in [3.8, 4) is 0 Å². The number of rotatable bonds is 7. The van der Waals surface area contributed by atoms with Crippen LogP contribution >= 0.6 is 23.2 Å². The first-order valence-electron chi connectivity index (χ1n) is 8.41. The van der Waals surface area contributed by atoms with E-state index in [9.17, 15) is 13.2 Å². The van der Waals surface area contributed by atoms with E-state index >= 15 is 0 Å². The third-order valence-corrected chi connectivity index (χ3v) is 5.99. The van der Waals surface area contributed by atoms with Gasteiger partial charge < -0.3 is 5.32 Å². The van der Waals surface area contributed by atoms with Gasteiger partial charge in [0.15, 0.2) is 0 Å². The second-order valence-corrected chi connectivity index (χ2v) is 8.96. The zero-order chi connectivity index (χ0) is 20.2. The van der Waals surface area contributed by atoms with Gasteiger partial charge in [0.05, 0.1) is 22.0 Å². The Morgan fingerprint density at radius 3 is 2.26 bits per heavy atom. The number of anilines is 1. The van der Waals surface area contributed by atoms with Gasteiger partial charge in [-0.3, -0.25) is 9.10 Å². The first-order chi connectivity index (χ1) is 12.6. The second-order valence-electron chi connectivity index (χ2n) is 6.28. The molecule has 2 aromatic rings. The SMILES string of the molecule is CC[C@@H](C(=O)NCc1ccc(C)cc1)N(c1ccc(Cl)c(Cl)c1)S(C)(=O)=O. The van der Waals surface area contributed by atoms with Crippen LogP contribution in [0.2, 0.25) is 10.0 Å². The molecule has 0 bridgehead atoms. The Hall–Kier alpha value is -1.76. The van der Waals surface area contributed by atoms with E-state index in [1.54, 1.807) is 6.92 Å². The minimum Gasteiger partial charge on any atom is -0.350 e. The second kappa shape index (κ2) is 8.95. The van der Waals surface area contributed by atoms with Crippen LogP contribution in [0.1, 0.15) is 24.5 Å². The van der Waals surface area contributed by atoms with Gasteiger partial charge in [-0.05, 0) is 37.1 Å². The molecule has 0 aliphatic carbocycles. The molecule has 0 saturated carbocycles. The highest BCUT2D eigenvalue weighted by Gasteiger charge is 2.31. The van der Waals surface area contributed by atoms with Crippen LogP contribution in [0.5, 0.6) is 0 Å². The minimum atomic E-state index is -3.72. The zero-order valence-electron chi connectivity index (χ0n) is 15.4. The maximum Gasteiger partial charge on any atom is 0.244 e. The third-order valence-electron chi connectivity index (χ3n) is 4.07. The molecule has 146 valence electrons. The summed E-state index contributed by atoms with van der Waals surface area (Å²) in [6, 6.07) is 11.3. The predicted molar refractivity (Wildman–Crippen MR) is 111 cm³/mol. The summed E-state index contributed by atoms with van der Waals surface area (Å²) in [6.45, 7) is 4.05. The van der Waals surface area contributed by atoms with E-state index in [4.69, 9.17) is 23.2 Å². The van der Waals surface area contributed by atoms with Crippen molar-refractivity contribution < 1.29 is 13.2 Å². The Labute approximate surface area is 170 Å². The Balaban J connectivity index is 2.27. The number of hydrogen-bond donors (Lipinski definition) is 1. The molecule has 0 radical (unpaired) electrons. The smallest absolute Gasteiger partial charge is 0.244 e. The summed E-state index contributed by atoms with van der Waals surface area (Å²) < 4.78 is 25.9. The molecule has 0 unspecified atom stereocenters. The van der Waals surface area contributed by atoms with Crippen LogP contribution in [0.15, 0.2) is 42.5 Å². The highest BCUT2D eigenvalue weighted by atomic mass is 35.5. The maximum atomic E-state index is 12.8. The average molecular weight is 429 g/mol. The lowest BCUT2D eigenvalue weighted by molar-refractivity contribution is -0.122. The number of amides is 1. The molecule has 1 N–H and O–H groups in total. The van der Waals surface area contributed by atoms with Crippen molar-refractivity contribution in [3.63, 3.8) is 0 Å². The van der Waals surface area contributed by atoms with Crippen LogP contribution in [0, 0.1) is 6.92 Å². The molecule has 27 heavy (non-hydrogen) atoms. The van der Waals surface area contributed by atoms with Gasteiger partial charge in [0, 0.05) is 6.54 Å². The number of sulfonamides is 1. The molecular weight excluding hydrogens is 407 g/mol. The fourth-order valence-electron chi connectivity index (χ4n) is 2.70. The molecule has 8 heteroatoms. The maximum absolute atomic E-state index is 12.8. The largest absolute Gasteiger partial charge is 0.350 e. The van der Waals surface area contributed by atoms with Crippen molar-refractivity contribution in [2.24, 2.45) is 0 Å². The summed E-state index contributed by atoms with van der Waals surface area (Å²) in [7, 11) is -3.72. The molecule has 0 saturated heterocycles. The van der Waals surface area contributed by atoms with E-state index in [-0.39, 0.29) is 10.9 Å². The Kier molecular flexibility index (Phi) is 7.14. The van der Waals surface area contributed by atoms with Gasteiger partial charge in [-0.2, -0.15) is 0 Å². The molecule has 0 aliphatic rings. The zero-order valence-corrected chi connectivity index (χ0v) is 17.7. The van der Waals surface area contributed by atoms with Gasteiger partial charge >= 0.3 is 0 Å². The number of benzene rings is 2. The highest BCUT2D eigenvalue weighted by molar-refractivity contribution is 7.92. The number of halogens is 2. The number of hydrogen-bond acceptors (Lipinski definition) is 3. The molecule has 1 atom stereocenters. The summed E-state index contributed by atoms with van der Waals surface area (Å²) in [6.07, 6.45) is 1.36. The first-order valence-corrected chi connectivity index (χ1v) is 11.0. The topological polar surface area (TPSA) is 66.5 Å². The summed E-state index contributed by atoms with van der Waals surface area (Å²) in [5.41, 5.74) is 2.35. The van der Waals surface area contributed by atoms with Gasteiger partial charge in [0.2, 0.25) is 15.9 Å². The number of carbonyl (C=O) groups excluding carboxylic acids is 1. The van der Waals surface area contributed by atoms with E-state index < -0.39 is 16.1 Å². The lowest BCUT2D eigenvalue weighted by atomic mass is 10.1. The molecule has 0 spiro atoms. The summed E-state index contributed by atoms with van der Waals surface area (Å²) >= 11 is 12.0. The quantitative estimate of drug-likeness (QED) is 0.719. The van der Waals surface area contributed by atoms with Crippen molar-refractivity contribution >= 4 is 44.8 Å². The summed E-state index contributed by atoms with van der Waals surface area (Å²) in [4.78, 5) is 12.8. The number of nitrogens with one attached hydrogen (secondary N) is 1. The molecule has 5 nitrogen and oxygen atoms in total. The lowest BCUT2D eigenvalue weighted by Gasteiger charge is -2.30. The molecule has 0 aromatic heterocycles. The van der Waals surface area contributed by atoms with E-state index in [1.807, 2.05) is 31.2 Å². The predicted octanol–water partition coefficient (Wildman–Crippen LogP) is 4.16. The number of carbonyl (C=O) groups is 1. The van der Waals surface area contributed by atoms with Crippen molar-refractivity contribution in [1.29, 1.82) is 0 Å². The van der Waals surface area contributed by atoms with Crippen LogP contribution in [0.3, 0.4) is 0 Å². The Morgan fingerprint density at radius 2 is 1.74 bits per heavy atom. The van der Waals surface area contributed by atoms with Crippen LogP contribution in [-0.2, 0) is 21.4 Å². The van der Waals surface area contributed by atoms with Gasteiger partial charge in [0.1, 0.15) is 6.04 Å². The van der Waals surface area contributed by atoms with E-state index in [0.717, 1.165) is 21.7 Å². The monoisotopic (exact) mass is 428 g/mol. The number of nitrogens with zero attached hydrogens (tertiary/aromatic N) is 1. The van der Waals surface area contributed by atoms with Gasteiger partial charge in [-0.15, -0.1) is 0 Å². The Morgan fingerprint density at radius 1 is 1.11 bits per heavy atom. The normalized spacial score (nSPS) is 12.5. The van der Waals surface area contributed by atoms with Crippen LogP contribution in [0.25, 0.3) is 0 Å². The Bertz CT molecular complexity index is 915. The molecule has 2 aromatic carbocycles. The molecule has 0 aliphatic heterocycles. The van der Waals surface area contributed by atoms with Crippen molar-refractivity contribution in [2.45, 2.75) is 32.9 Å². The highest BCUT2D eigenvalue weighted by Crippen LogP contribution is 2.30. The summed E-state index contributed by atoms with van der Waals surface area (Å²) in [5.74, 6) is -0.380. The fourth-order valence-corrected chi connectivity index (χ4v) is 4.19. The van der Waals surface area contributed by atoms with E-state index in [2.05, 4.69) is 5.32 Å². The van der Waals surface area contributed by atoms with E-state index in [1.165, 1.54) is 18.2 Å². The lowest BCUT2D eigenvalue weighted by Crippen LogP contribution is -2.49. The summed E-state index contributed by atoms with van der Waals surface area (Å²) in [5, 5.41) is 3.34. The van der Waals surface area contributed by atoms with Crippen molar-refractivity contribution in [2.75, 3.05) is 10.6 Å². The number of aryl methyl sites for hydroxylation is 1. The van der Waals surface area contributed by atoms with Gasteiger partial charge in [0.25, 0.3) is 0 Å². The molecule has 0 heterocycles. The molecular formula is C19H22Cl2N2O3S. The van der Waals surface area contributed by atoms with Crippen LogP contribution < -0.4 is 9.62 Å². The average Bonchev–Trinajstić information content (AvgIpc) is 2.60. The van der Waals surface area contributed by atoms with Crippen molar-refractivity contribution in [3.05, 3.63) is 63.6 Å². The van der Waals surface area contributed by atoms with Crippen LogP contribution in [-0.4, -0.2) is 26.6 Å². The minimum absolute atomic E-state index is 0.220. The van der Waals surface area contributed by atoms with Gasteiger partial charge in [-0.1, -0.05) is 60.0 Å². The molecule has 0 fully saturated rings. The molecule has 1 amide bonds. The van der Waals surface area contributed by atoms with Crippen molar-refractivity contribution in [1.82, 2.24) is 5.32 Å². The van der Waals surface area contributed by atoms with Crippen LogP contribution in [0.4, 0.5) is 5.69 Å². The van der Waals surface area contributed by atoms with E-state index in [0.29, 0.717) is 23.7 Å². The first kappa shape index (κ1) is 21.5. The van der Waals surface area contributed by atoms with Gasteiger partial charge in [-0.25, -0.2) is 8.42 Å². The third kappa shape index (κ3) is 5.61. The fraction of sp³-hybridized carbons (Fsp3) is 0.316. The standard InChI is InChI=1S/C19H22Cl2N2O3S/c1-4-18(19(24)22-12-14-7-5-13(2)6-8-14)23(27(3,25)26)15-9-10-16(20)17(21)11-15/h5-11,18H,4,12H2,1-3H3,(H,22,24)/t18-/m0/s1. The molecule has 2 rings (SSSR count).